The monoisotopic (exact) mass is 233 g/mol. The second-order valence-electron chi connectivity index (χ2n) is 3.25. The Hall–Kier alpha value is -0.980. The first-order valence-corrected chi connectivity index (χ1v) is 6.11. The van der Waals surface area contributed by atoms with Gasteiger partial charge in [0.2, 0.25) is 0 Å². The van der Waals surface area contributed by atoms with Gasteiger partial charge in [0.05, 0.1) is 12.6 Å². The molecular formula is C9H12FNO3S. The van der Waals surface area contributed by atoms with E-state index in [-0.39, 0.29) is 11.5 Å². The number of aliphatic hydroxyl groups excluding tert-OH is 1. The van der Waals surface area contributed by atoms with Gasteiger partial charge in [0.25, 0.3) is 0 Å². The van der Waals surface area contributed by atoms with E-state index in [0.717, 1.165) is 18.4 Å². The summed E-state index contributed by atoms with van der Waals surface area (Å²) >= 11 is 0. The van der Waals surface area contributed by atoms with E-state index in [1.54, 1.807) is 0 Å². The molecule has 84 valence electrons. The third kappa shape index (κ3) is 2.74. The van der Waals surface area contributed by atoms with E-state index >= 15 is 0 Å². The number of nitrogens with two attached hydrogens (primary N) is 1. The fourth-order valence-electron chi connectivity index (χ4n) is 1.15. The zero-order chi connectivity index (χ0) is 11.6. The molecule has 0 radical (unpaired) electrons. The van der Waals surface area contributed by atoms with Gasteiger partial charge in [-0.15, -0.1) is 0 Å². The fraction of sp³-hybridized carbons (Fsp3) is 0.333. The molecule has 0 saturated heterocycles. The summed E-state index contributed by atoms with van der Waals surface area (Å²) in [7, 11) is -3.56. The van der Waals surface area contributed by atoms with E-state index in [2.05, 4.69) is 0 Å². The van der Waals surface area contributed by atoms with Crippen LogP contribution < -0.4 is 5.73 Å². The molecule has 0 saturated carbocycles. The lowest BCUT2D eigenvalue weighted by Gasteiger charge is -2.09. The van der Waals surface area contributed by atoms with E-state index in [1.807, 2.05) is 0 Å². The van der Waals surface area contributed by atoms with Gasteiger partial charge in [0.1, 0.15) is 10.7 Å². The van der Waals surface area contributed by atoms with Crippen LogP contribution in [-0.2, 0) is 9.84 Å². The molecule has 1 aromatic rings. The number of sulfone groups is 1. The van der Waals surface area contributed by atoms with Gasteiger partial charge in [-0.25, -0.2) is 12.8 Å². The molecule has 1 aromatic carbocycles. The molecule has 0 amide bonds. The maximum absolute atomic E-state index is 13.3. The minimum Gasteiger partial charge on any atom is -0.394 e. The largest absolute Gasteiger partial charge is 0.394 e. The molecule has 0 aliphatic heterocycles. The first-order chi connectivity index (χ1) is 6.86. The molecule has 0 fully saturated rings. The second kappa shape index (κ2) is 4.26. The minimum absolute atomic E-state index is 0.322. The summed E-state index contributed by atoms with van der Waals surface area (Å²) in [5.74, 6) is -0.848. The molecule has 1 atom stereocenters. The highest BCUT2D eigenvalue weighted by Gasteiger charge is 2.15. The van der Waals surface area contributed by atoms with Crippen LogP contribution >= 0.6 is 0 Å². The van der Waals surface area contributed by atoms with Gasteiger partial charge in [0.15, 0.2) is 9.84 Å². The maximum Gasteiger partial charge on any atom is 0.178 e. The molecule has 1 unspecified atom stereocenters. The van der Waals surface area contributed by atoms with Gasteiger partial charge >= 0.3 is 0 Å². The average Bonchev–Trinajstić information content (AvgIpc) is 2.14. The predicted octanol–water partition coefficient (Wildman–Crippen LogP) is 0.221. The molecule has 0 aromatic heterocycles. The molecule has 0 aliphatic rings. The number of aliphatic hydroxyl groups is 1. The van der Waals surface area contributed by atoms with Gasteiger partial charge in [0, 0.05) is 6.26 Å². The van der Waals surface area contributed by atoms with Gasteiger partial charge in [-0.1, -0.05) is 6.07 Å². The molecule has 6 heteroatoms. The molecule has 0 bridgehead atoms. The van der Waals surface area contributed by atoms with Crippen molar-refractivity contribution >= 4 is 9.84 Å². The van der Waals surface area contributed by atoms with Gasteiger partial charge < -0.3 is 10.8 Å². The summed E-state index contributed by atoms with van der Waals surface area (Å²) in [6.07, 6.45) is 0.928. The normalized spacial score (nSPS) is 13.9. The molecule has 3 N–H and O–H groups in total. The van der Waals surface area contributed by atoms with Crippen molar-refractivity contribution in [1.82, 2.24) is 0 Å². The zero-order valence-electron chi connectivity index (χ0n) is 8.14. The Bertz CT molecular complexity index is 458. The Morgan fingerprint density at radius 2 is 2.13 bits per heavy atom. The summed E-state index contributed by atoms with van der Waals surface area (Å²) in [5.41, 5.74) is 5.82. The highest BCUT2D eigenvalue weighted by molar-refractivity contribution is 7.90. The van der Waals surface area contributed by atoms with E-state index in [1.165, 1.54) is 6.07 Å². The molecule has 1 rings (SSSR count). The first kappa shape index (κ1) is 12.1. The molecule has 0 aliphatic carbocycles. The van der Waals surface area contributed by atoms with Crippen LogP contribution in [0.4, 0.5) is 4.39 Å². The standard InChI is InChI=1S/C9H12FNO3S/c1-15(13,14)9-3-2-6(4-7(9)10)8(11)5-12/h2-4,8,12H,5,11H2,1H3. The first-order valence-electron chi connectivity index (χ1n) is 4.22. The molecule has 15 heavy (non-hydrogen) atoms. The lowest BCUT2D eigenvalue weighted by atomic mass is 10.1. The molecule has 4 nitrogen and oxygen atoms in total. The van der Waals surface area contributed by atoms with E-state index in [4.69, 9.17) is 10.8 Å². The Labute approximate surface area is 87.5 Å². The summed E-state index contributed by atoms with van der Waals surface area (Å²) in [6.45, 7) is -0.322. The average molecular weight is 233 g/mol. The third-order valence-corrected chi connectivity index (χ3v) is 3.11. The molecule has 0 heterocycles. The van der Waals surface area contributed by atoms with Gasteiger partial charge in [-0.2, -0.15) is 0 Å². The van der Waals surface area contributed by atoms with E-state index in [0.29, 0.717) is 5.56 Å². The van der Waals surface area contributed by atoms with Crippen LogP contribution in [0.3, 0.4) is 0 Å². The highest BCUT2D eigenvalue weighted by atomic mass is 32.2. The Kier molecular flexibility index (Phi) is 3.43. The zero-order valence-corrected chi connectivity index (χ0v) is 8.96. The van der Waals surface area contributed by atoms with Gasteiger partial charge in [-0.3, -0.25) is 0 Å². The van der Waals surface area contributed by atoms with Crippen LogP contribution in [-0.4, -0.2) is 26.4 Å². The Morgan fingerprint density at radius 3 is 2.53 bits per heavy atom. The van der Waals surface area contributed by atoms with Crippen molar-refractivity contribution in [2.45, 2.75) is 10.9 Å². The van der Waals surface area contributed by atoms with Crippen LogP contribution in [0.2, 0.25) is 0 Å². The number of rotatable bonds is 3. The van der Waals surface area contributed by atoms with Crippen molar-refractivity contribution in [2.24, 2.45) is 5.73 Å². The minimum atomic E-state index is -3.56. The van der Waals surface area contributed by atoms with Crippen molar-refractivity contribution in [1.29, 1.82) is 0 Å². The van der Waals surface area contributed by atoms with Crippen molar-refractivity contribution in [3.63, 3.8) is 0 Å². The summed E-state index contributed by atoms with van der Waals surface area (Å²) in [5, 5.41) is 8.74. The lowest BCUT2D eigenvalue weighted by molar-refractivity contribution is 0.267. The van der Waals surface area contributed by atoms with Crippen LogP contribution in [0.15, 0.2) is 23.1 Å². The van der Waals surface area contributed by atoms with Crippen LogP contribution in [0.25, 0.3) is 0 Å². The molecular weight excluding hydrogens is 221 g/mol. The number of benzene rings is 1. The maximum atomic E-state index is 13.3. The summed E-state index contributed by atoms with van der Waals surface area (Å²) in [4.78, 5) is -0.364. The lowest BCUT2D eigenvalue weighted by Crippen LogP contribution is -2.15. The number of hydrogen-bond donors (Lipinski definition) is 2. The predicted molar refractivity (Wildman–Crippen MR) is 53.5 cm³/mol. The quantitative estimate of drug-likeness (QED) is 0.782. The second-order valence-corrected chi connectivity index (χ2v) is 5.24. The van der Waals surface area contributed by atoms with E-state index < -0.39 is 21.7 Å². The van der Waals surface area contributed by atoms with Crippen LogP contribution in [0, 0.1) is 5.82 Å². The van der Waals surface area contributed by atoms with Crippen molar-refractivity contribution in [3.05, 3.63) is 29.6 Å². The van der Waals surface area contributed by atoms with Crippen molar-refractivity contribution < 1.29 is 17.9 Å². The summed E-state index contributed by atoms with van der Waals surface area (Å²) in [6, 6.07) is 2.86. The molecule has 0 spiro atoms. The van der Waals surface area contributed by atoms with Crippen LogP contribution in [0.5, 0.6) is 0 Å². The topological polar surface area (TPSA) is 80.4 Å². The van der Waals surface area contributed by atoms with Crippen molar-refractivity contribution in [2.75, 3.05) is 12.9 Å². The van der Waals surface area contributed by atoms with Crippen molar-refractivity contribution in [3.8, 4) is 0 Å². The Morgan fingerprint density at radius 1 is 1.53 bits per heavy atom. The Balaban J connectivity index is 3.21. The fourth-order valence-corrected chi connectivity index (χ4v) is 1.88. The van der Waals surface area contributed by atoms with Crippen LogP contribution in [0.1, 0.15) is 11.6 Å². The van der Waals surface area contributed by atoms with E-state index in [9.17, 15) is 12.8 Å². The highest BCUT2D eigenvalue weighted by Crippen LogP contribution is 2.18. The SMILES string of the molecule is CS(=O)(=O)c1ccc(C(N)CO)cc1F. The third-order valence-electron chi connectivity index (χ3n) is 1.98. The number of hydrogen-bond acceptors (Lipinski definition) is 4. The smallest absolute Gasteiger partial charge is 0.178 e. The van der Waals surface area contributed by atoms with Gasteiger partial charge in [-0.05, 0) is 17.7 Å². The number of halogens is 1. The summed E-state index contributed by atoms with van der Waals surface area (Å²) < 4.78 is 35.5.